The molecule has 1 saturated heterocycles. The summed E-state index contributed by atoms with van der Waals surface area (Å²) in [6.07, 6.45) is 20.8. The number of benzene rings is 1. The zero-order valence-electron chi connectivity index (χ0n) is 23.7. The summed E-state index contributed by atoms with van der Waals surface area (Å²) in [5.41, 5.74) is 0.862. The first-order valence-electron chi connectivity index (χ1n) is 15.0. The van der Waals surface area contributed by atoms with E-state index in [0.717, 1.165) is 69.5 Å². The third-order valence-electron chi connectivity index (χ3n) is 7.15. The second-order valence-electron chi connectivity index (χ2n) is 10.6. The number of nitrogens with zero attached hydrogens (tertiary/aromatic N) is 1. The van der Waals surface area contributed by atoms with Crippen LogP contribution in [0.25, 0.3) is 0 Å². The smallest absolute Gasteiger partial charge is 0.311 e. The lowest BCUT2D eigenvalue weighted by molar-refractivity contribution is -0.144. The Morgan fingerprint density at radius 1 is 0.947 bits per heavy atom. The van der Waals surface area contributed by atoms with Crippen LogP contribution in [-0.2, 0) is 20.7 Å². The molecule has 1 heterocycles. The minimum Gasteiger partial charge on any atom is -0.465 e. The third kappa shape index (κ3) is 15.6. The van der Waals surface area contributed by atoms with Gasteiger partial charge in [0, 0.05) is 31.2 Å². The van der Waals surface area contributed by atoms with Gasteiger partial charge in [0.1, 0.15) is 5.75 Å². The predicted octanol–water partition coefficient (Wildman–Crippen LogP) is 7.58. The van der Waals surface area contributed by atoms with Gasteiger partial charge < -0.3 is 14.4 Å². The van der Waals surface area contributed by atoms with Crippen molar-refractivity contribution in [2.75, 3.05) is 32.0 Å². The predicted molar refractivity (Wildman–Crippen MR) is 160 cm³/mol. The van der Waals surface area contributed by atoms with Crippen molar-refractivity contribution in [3.63, 3.8) is 0 Å². The summed E-state index contributed by atoms with van der Waals surface area (Å²) in [6, 6.07) is 7.18. The summed E-state index contributed by atoms with van der Waals surface area (Å²) in [7, 11) is 0. The van der Waals surface area contributed by atoms with E-state index in [-0.39, 0.29) is 18.4 Å². The highest BCUT2D eigenvalue weighted by Crippen LogP contribution is 2.18. The van der Waals surface area contributed by atoms with E-state index in [1.54, 1.807) is 12.1 Å². The minimum absolute atomic E-state index is 0.195. The van der Waals surface area contributed by atoms with Gasteiger partial charge in [-0.15, -0.1) is 0 Å². The Labute approximate surface area is 237 Å². The molecule has 0 bridgehead atoms. The molecule has 214 valence electrons. The Kier molecular flexibility index (Phi) is 18.0. The average Bonchev–Trinajstić information content (AvgIpc) is 2.92. The van der Waals surface area contributed by atoms with E-state index in [1.165, 1.54) is 44.9 Å². The molecular formula is C32H51NO4S. The maximum absolute atomic E-state index is 12.3. The SMILES string of the molecule is CCCCCCC/C=C\CCCCCCC(=O)Oc1ccc(CC(=O)OCC2CCCN(CCS)C2)cc1. The van der Waals surface area contributed by atoms with Crippen LogP contribution in [0.5, 0.6) is 5.75 Å². The molecule has 1 aliphatic heterocycles. The lowest BCUT2D eigenvalue weighted by atomic mass is 9.99. The van der Waals surface area contributed by atoms with Crippen molar-refractivity contribution >= 4 is 24.6 Å². The molecule has 0 saturated carbocycles. The van der Waals surface area contributed by atoms with Crippen LogP contribution in [0, 0.1) is 5.92 Å². The molecular weight excluding hydrogens is 494 g/mol. The molecule has 2 rings (SSSR count). The maximum Gasteiger partial charge on any atom is 0.311 e. The van der Waals surface area contributed by atoms with Gasteiger partial charge >= 0.3 is 11.9 Å². The average molecular weight is 546 g/mol. The fraction of sp³-hybridized carbons (Fsp3) is 0.688. The molecule has 0 amide bonds. The molecule has 1 fully saturated rings. The highest BCUT2D eigenvalue weighted by atomic mass is 32.1. The van der Waals surface area contributed by atoms with Crippen LogP contribution in [0.3, 0.4) is 0 Å². The summed E-state index contributed by atoms with van der Waals surface area (Å²) in [4.78, 5) is 26.8. The molecule has 0 N–H and O–H groups in total. The van der Waals surface area contributed by atoms with Crippen LogP contribution in [0.1, 0.15) is 102 Å². The number of likely N-dealkylation sites (tertiary alicyclic amines) is 1. The summed E-state index contributed by atoms with van der Waals surface area (Å²) < 4.78 is 11.0. The number of allylic oxidation sites excluding steroid dienone is 2. The molecule has 38 heavy (non-hydrogen) atoms. The van der Waals surface area contributed by atoms with Crippen molar-refractivity contribution in [1.82, 2.24) is 4.90 Å². The second-order valence-corrected chi connectivity index (χ2v) is 11.1. The van der Waals surface area contributed by atoms with E-state index in [0.29, 0.717) is 24.7 Å². The number of piperidine rings is 1. The molecule has 1 aromatic rings. The summed E-state index contributed by atoms with van der Waals surface area (Å²) in [6.45, 7) is 5.81. The Morgan fingerprint density at radius 2 is 1.63 bits per heavy atom. The molecule has 5 nitrogen and oxygen atoms in total. The number of carbonyl (C=O) groups is 2. The maximum atomic E-state index is 12.3. The van der Waals surface area contributed by atoms with Gasteiger partial charge in [0.05, 0.1) is 13.0 Å². The van der Waals surface area contributed by atoms with Gasteiger partial charge in [-0.25, -0.2) is 0 Å². The largest absolute Gasteiger partial charge is 0.465 e. The van der Waals surface area contributed by atoms with E-state index in [9.17, 15) is 9.59 Å². The fourth-order valence-electron chi connectivity index (χ4n) is 4.90. The molecule has 1 unspecified atom stereocenters. The van der Waals surface area contributed by atoms with Crippen molar-refractivity contribution < 1.29 is 19.1 Å². The minimum atomic E-state index is -0.209. The van der Waals surface area contributed by atoms with Gasteiger partial charge in [0.2, 0.25) is 0 Å². The summed E-state index contributed by atoms with van der Waals surface area (Å²) in [5.74, 6) is 1.38. The number of unbranched alkanes of at least 4 members (excludes halogenated alkanes) is 9. The number of ether oxygens (including phenoxy) is 2. The molecule has 0 aliphatic carbocycles. The van der Waals surface area contributed by atoms with Gasteiger partial charge in [-0.05, 0) is 69.2 Å². The van der Waals surface area contributed by atoms with Crippen molar-refractivity contribution in [1.29, 1.82) is 0 Å². The van der Waals surface area contributed by atoms with E-state index >= 15 is 0 Å². The van der Waals surface area contributed by atoms with Crippen molar-refractivity contribution in [2.24, 2.45) is 5.92 Å². The number of rotatable bonds is 20. The lowest BCUT2D eigenvalue weighted by Gasteiger charge is -2.31. The highest BCUT2D eigenvalue weighted by molar-refractivity contribution is 7.80. The zero-order chi connectivity index (χ0) is 27.3. The third-order valence-corrected chi connectivity index (χ3v) is 7.35. The summed E-state index contributed by atoms with van der Waals surface area (Å²) in [5, 5.41) is 0. The Morgan fingerprint density at radius 3 is 2.32 bits per heavy atom. The van der Waals surface area contributed by atoms with Crippen LogP contribution in [-0.4, -0.2) is 48.8 Å². The first-order chi connectivity index (χ1) is 18.6. The van der Waals surface area contributed by atoms with Gasteiger partial charge in [0.15, 0.2) is 0 Å². The van der Waals surface area contributed by atoms with Gasteiger partial charge in [-0.1, -0.05) is 69.7 Å². The van der Waals surface area contributed by atoms with Crippen molar-refractivity contribution in [3.05, 3.63) is 42.0 Å². The molecule has 1 aliphatic rings. The zero-order valence-corrected chi connectivity index (χ0v) is 24.6. The van der Waals surface area contributed by atoms with Gasteiger partial charge in [-0.2, -0.15) is 12.6 Å². The number of hydrogen-bond acceptors (Lipinski definition) is 6. The first kappa shape index (κ1) is 32.4. The van der Waals surface area contributed by atoms with Gasteiger partial charge in [-0.3, -0.25) is 9.59 Å². The van der Waals surface area contributed by atoms with Crippen molar-refractivity contribution in [3.8, 4) is 5.75 Å². The van der Waals surface area contributed by atoms with E-state index in [1.807, 2.05) is 12.1 Å². The van der Waals surface area contributed by atoms with E-state index < -0.39 is 0 Å². The van der Waals surface area contributed by atoms with Crippen molar-refractivity contribution in [2.45, 2.75) is 103 Å². The van der Waals surface area contributed by atoms with Crippen LogP contribution in [0.2, 0.25) is 0 Å². The summed E-state index contributed by atoms with van der Waals surface area (Å²) >= 11 is 4.31. The number of carbonyl (C=O) groups excluding carboxylic acids is 2. The number of esters is 2. The highest BCUT2D eigenvalue weighted by Gasteiger charge is 2.20. The van der Waals surface area contributed by atoms with Crippen LogP contribution >= 0.6 is 12.6 Å². The second kappa shape index (κ2) is 21.1. The van der Waals surface area contributed by atoms with Crippen LogP contribution < -0.4 is 4.74 Å². The molecule has 6 heteroatoms. The van der Waals surface area contributed by atoms with E-state index in [4.69, 9.17) is 9.47 Å². The van der Waals surface area contributed by atoms with Gasteiger partial charge in [0.25, 0.3) is 0 Å². The Hall–Kier alpha value is -1.79. The Bertz CT molecular complexity index is 793. The Balaban J connectivity index is 1.50. The standard InChI is InChI=1S/C32H51NO4S/c1-2-3-4-5-6-7-8-9-10-11-12-13-14-17-31(34)37-30-20-18-28(19-21-30)25-32(35)36-27-29-16-15-22-33(26-29)23-24-38/h8-9,18-21,29,38H,2-7,10-17,22-27H2,1H3/b9-8-. The monoisotopic (exact) mass is 545 g/mol. The number of thiol groups is 1. The van der Waals surface area contributed by atoms with Crippen LogP contribution in [0.15, 0.2) is 36.4 Å². The number of hydrogen-bond donors (Lipinski definition) is 1. The fourth-order valence-corrected chi connectivity index (χ4v) is 5.19. The van der Waals surface area contributed by atoms with E-state index in [2.05, 4.69) is 36.6 Å². The molecule has 0 spiro atoms. The topological polar surface area (TPSA) is 55.8 Å². The quantitative estimate of drug-likeness (QED) is 0.0602. The molecule has 0 radical (unpaired) electrons. The first-order valence-corrected chi connectivity index (χ1v) is 15.7. The lowest BCUT2D eigenvalue weighted by Crippen LogP contribution is -2.38. The normalized spacial score (nSPS) is 16.1. The molecule has 1 atom stereocenters. The molecule has 1 aromatic carbocycles. The molecule has 0 aromatic heterocycles. The van der Waals surface area contributed by atoms with Crippen LogP contribution in [0.4, 0.5) is 0 Å².